The summed E-state index contributed by atoms with van der Waals surface area (Å²) in [7, 11) is 0. The van der Waals surface area contributed by atoms with Crippen molar-refractivity contribution in [3.05, 3.63) is 23.8 Å². The van der Waals surface area contributed by atoms with Gasteiger partial charge >= 0.3 is 12.0 Å². The van der Waals surface area contributed by atoms with Gasteiger partial charge < -0.3 is 25.2 Å². The van der Waals surface area contributed by atoms with E-state index in [4.69, 9.17) is 14.6 Å². The highest BCUT2D eigenvalue weighted by Gasteiger charge is 2.47. The maximum atomic E-state index is 12.4. The molecule has 146 valence electrons. The average Bonchev–Trinajstić information content (AvgIpc) is 3.22. The highest BCUT2D eigenvalue weighted by Crippen LogP contribution is 2.48. The van der Waals surface area contributed by atoms with E-state index in [0.717, 1.165) is 42.7 Å². The summed E-state index contributed by atoms with van der Waals surface area (Å²) in [4.78, 5) is 25.3. The number of ether oxygens (including phenoxy) is 2. The molecular weight excluding hydrogens is 350 g/mol. The van der Waals surface area contributed by atoms with Gasteiger partial charge in [-0.2, -0.15) is 0 Å². The number of carboxylic acids is 1. The van der Waals surface area contributed by atoms with Crippen LogP contribution in [0, 0.1) is 0 Å². The molecule has 4 rings (SSSR count). The van der Waals surface area contributed by atoms with Crippen LogP contribution < -0.4 is 20.1 Å². The average molecular weight is 375 g/mol. The molecule has 2 saturated carbocycles. The van der Waals surface area contributed by atoms with Gasteiger partial charge in [0.15, 0.2) is 11.5 Å². The first-order valence-corrected chi connectivity index (χ1v) is 9.44. The van der Waals surface area contributed by atoms with Crippen molar-refractivity contribution in [1.82, 2.24) is 15.5 Å². The molecule has 2 amide bonds. The Kier molecular flexibility index (Phi) is 4.59. The van der Waals surface area contributed by atoms with Crippen molar-refractivity contribution in [2.45, 2.75) is 50.2 Å². The zero-order valence-electron chi connectivity index (χ0n) is 15.4. The number of likely N-dealkylation sites (N-methyl/N-ethyl adjacent to an activating group) is 1. The minimum atomic E-state index is -0.814. The molecule has 1 heterocycles. The first kappa shape index (κ1) is 17.9. The van der Waals surface area contributed by atoms with Crippen LogP contribution in [0.3, 0.4) is 0 Å². The molecule has 2 aliphatic carbocycles. The van der Waals surface area contributed by atoms with Gasteiger partial charge in [0.2, 0.25) is 6.79 Å². The van der Waals surface area contributed by atoms with Crippen LogP contribution in [-0.4, -0.2) is 54.0 Å². The summed E-state index contributed by atoms with van der Waals surface area (Å²) in [5, 5.41) is 15.1. The van der Waals surface area contributed by atoms with E-state index in [1.807, 2.05) is 30.0 Å². The zero-order valence-corrected chi connectivity index (χ0v) is 15.4. The highest BCUT2D eigenvalue weighted by atomic mass is 16.7. The molecule has 0 radical (unpaired) electrons. The number of carbonyl (C=O) groups is 2. The van der Waals surface area contributed by atoms with Gasteiger partial charge in [-0.15, -0.1) is 0 Å². The maximum absolute atomic E-state index is 12.4. The fourth-order valence-electron chi connectivity index (χ4n) is 3.92. The highest BCUT2D eigenvalue weighted by molar-refractivity contribution is 5.76. The first-order valence-electron chi connectivity index (χ1n) is 9.44. The topological polar surface area (TPSA) is 100 Å². The molecule has 0 saturated heterocycles. The molecule has 8 heteroatoms. The third-order valence-electron chi connectivity index (χ3n) is 5.74. The van der Waals surface area contributed by atoms with Crippen LogP contribution in [0.4, 0.5) is 4.79 Å². The van der Waals surface area contributed by atoms with Crippen LogP contribution in [0.25, 0.3) is 0 Å². The molecule has 8 nitrogen and oxygen atoms in total. The van der Waals surface area contributed by atoms with Gasteiger partial charge in [0.05, 0.1) is 12.1 Å². The Balaban J connectivity index is 1.28. The summed E-state index contributed by atoms with van der Waals surface area (Å²) in [5.74, 6) is 0.646. The second-order valence-electron chi connectivity index (χ2n) is 7.53. The molecule has 0 aromatic heterocycles. The van der Waals surface area contributed by atoms with Crippen molar-refractivity contribution in [1.29, 1.82) is 0 Å². The lowest BCUT2D eigenvalue weighted by Gasteiger charge is -2.42. The van der Waals surface area contributed by atoms with Crippen molar-refractivity contribution in [2.75, 3.05) is 19.9 Å². The van der Waals surface area contributed by atoms with Crippen LogP contribution >= 0.6 is 0 Å². The number of benzene rings is 1. The molecule has 0 unspecified atom stereocenters. The fraction of sp³-hybridized carbons (Fsp3) is 0.579. The van der Waals surface area contributed by atoms with Crippen LogP contribution in [0.1, 0.15) is 38.2 Å². The Morgan fingerprint density at radius 1 is 1.26 bits per heavy atom. The fourth-order valence-corrected chi connectivity index (χ4v) is 3.92. The maximum Gasteiger partial charge on any atom is 0.317 e. The van der Waals surface area contributed by atoms with E-state index in [1.165, 1.54) is 0 Å². The van der Waals surface area contributed by atoms with Gasteiger partial charge in [-0.05, 0) is 49.9 Å². The Hall–Kier alpha value is -2.48. The van der Waals surface area contributed by atoms with Crippen LogP contribution in [0.5, 0.6) is 11.5 Å². The lowest BCUT2D eigenvalue weighted by atomic mass is 9.85. The number of nitrogens with one attached hydrogen (secondary N) is 2. The molecule has 27 heavy (non-hydrogen) atoms. The molecule has 1 aromatic carbocycles. The number of carbonyl (C=O) groups excluding carboxylic acids is 1. The van der Waals surface area contributed by atoms with E-state index >= 15 is 0 Å². The monoisotopic (exact) mass is 375 g/mol. The van der Waals surface area contributed by atoms with Crippen molar-refractivity contribution < 1.29 is 24.2 Å². The SMILES string of the molecule is CCN(CC(=O)O)C1CC(NC(=O)NC2(c3ccc4c(c3)OCO4)CC2)C1. The second kappa shape index (κ2) is 6.92. The van der Waals surface area contributed by atoms with E-state index in [-0.39, 0.29) is 37.0 Å². The van der Waals surface area contributed by atoms with E-state index in [2.05, 4.69) is 10.6 Å². The summed E-state index contributed by atoms with van der Waals surface area (Å²) in [6, 6.07) is 5.95. The number of fused-ring (bicyclic) bond motifs is 1. The standard InChI is InChI=1S/C19H25N3O5/c1-2-22(10-17(23)24)14-8-13(9-14)20-18(25)21-19(5-6-19)12-3-4-15-16(7-12)27-11-26-15/h3-4,7,13-14H,2,5-6,8-11H2,1H3,(H,23,24)(H2,20,21,25). The van der Waals surface area contributed by atoms with Crippen LogP contribution in [0.15, 0.2) is 18.2 Å². The number of carboxylic acid groups (broad SMARTS) is 1. The van der Waals surface area contributed by atoms with Crippen molar-refractivity contribution in [2.24, 2.45) is 0 Å². The van der Waals surface area contributed by atoms with E-state index in [9.17, 15) is 9.59 Å². The van der Waals surface area contributed by atoms with E-state index < -0.39 is 5.97 Å². The summed E-state index contributed by atoms with van der Waals surface area (Å²) < 4.78 is 10.8. The summed E-state index contributed by atoms with van der Waals surface area (Å²) in [5.41, 5.74) is 0.708. The number of amides is 2. The van der Waals surface area contributed by atoms with Crippen molar-refractivity contribution in [3.8, 4) is 11.5 Å². The van der Waals surface area contributed by atoms with Crippen molar-refractivity contribution in [3.63, 3.8) is 0 Å². The predicted molar refractivity (Wildman–Crippen MR) is 96.8 cm³/mol. The largest absolute Gasteiger partial charge is 0.480 e. The molecule has 1 aliphatic heterocycles. The first-order chi connectivity index (χ1) is 13.0. The number of rotatable bonds is 7. The van der Waals surface area contributed by atoms with E-state index in [0.29, 0.717) is 6.54 Å². The van der Waals surface area contributed by atoms with Gasteiger partial charge in [-0.3, -0.25) is 9.69 Å². The number of hydrogen-bond donors (Lipinski definition) is 3. The second-order valence-corrected chi connectivity index (χ2v) is 7.53. The number of nitrogens with zero attached hydrogens (tertiary/aromatic N) is 1. The van der Waals surface area contributed by atoms with Gasteiger partial charge in [0.1, 0.15) is 0 Å². The molecule has 3 N–H and O–H groups in total. The summed E-state index contributed by atoms with van der Waals surface area (Å²) >= 11 is 0. The predicted octanol–water partition coefficient (Wildman–Crippen LogP) is 1.64. The van der Waals surface area contributed by atoms with Gasteiger partial charge in [-0.1, -0.05) is 13.0 Å². The normalized spacial score (nSPS) is 24.2. The Bertz CT molecular complexity index is 743. The summed E-state index contributed by atoms with van der Waals surface area (Å²) in [6.45, 7) is 2.94. The van der Waals surface area contributed by atoms with Gasteiger partial charge in [0, 0.05) is 12.1 Å². The van der Waals surface area contributed by atoms with Crippen molar-refractivity contribution >= 4 is 12.0 Å². The van der Waals surface area contributed by atoms with Crippen LogP contribution in [-0.2, 0) is 10.3 Å². The number of aliphatic carboxylic acids is 1. The van der Waals surface area contributed by atoms with Gasteiger partial charge in [0.25, 0.3) is 0 Å². The Morgan fingerprint density at radius 3 is 2.67 bits per heavy atom. The minimum absolute atomic E-state index is 0.0489. The molecule has 0 spiro atoms. The third-order valence-corrected chi connectivity index (χ3v) is 5.74. The zero-order chi connectivity index (χ0) is 19.0. The third kappa shape index (κ3) is 3.66. The lowest BCUT2D eigenvalue weighted by molar-refractivity contribution is -0.139. The Morgan fingerprint density at radius 2 is 2.00 bits per heavy atom. The van der Waals surface area contributed by atoms with E-state index in [1.54, 1.807) is 0 Å². The number of urea groups is 1. The molecule has 0 bridgehead atoms. The number of hydrogen-bond acceptors (Lipinski definition) is 5. The summed E-state index contributed by atoms with van der Waals surface area (Å²) in [6.07, 6.45) is 3.36. The molecule has 3 aliphatic rings. The minimum Gasteiger partial charge on any atom is -0.480 e. The molecule has 0 atom stereocenters. The van der Waals surface area contributed by atoms with Crippen LogP contribution in [0.2, 0.25) is 0 Å². The molecule has 1 aromatic rings. The quantitative estimate of drug-likeness (QED) is 0.670. The Labute approximate surface area is 157 Å². The molecule has 2 fully saturated rings. The van der Waals surface area contributed by atoms with Gasteiger partial charge in [-0.25, -0.2) is 4.79 Å². The smallest absolute Gasteiger partial charge is 0.317 e. The lowest BCUT2D eigenvalue weighted by Crippen LogP contribution is -2.57. The molecular formula is C19H25N3O5.